The number of amides is 1. The van der Waals surface area contributed by atoms with Crippen LogP contribution in [0, 0.1) is 0 Å². The Morgan fingerprint density at radius 3 is 2.65 bits per heavy atom. The van der Waals surface area contributed by atoms with Gasteiger partial charge >= 0.3 is 0 Å². The van der Waals surface area contributed by atoms with Crippen molar-refractivity contribution in [2.24, 2.45) is 0 Å². The molecule has 0 spiro atoms. The van der Waals surface area contributed by atoms with Gasteiger partial charge in [-0.3, -0.25) is 9.10 Å². The lowest BCUT2D eigenvalue weighted by Crippen LogP contribution is -2.36. The molecule has 0 aliphatic carbocycles. The van der Waals surface area contributed by atoms with Crippen molar-refractivity contribution >= 4 is 50.5 Å². The molecule has 0 saturated carbocycles. The standard InChI is InChI=1S/C17H16Cl2N2O4S/c1-26(23,24)21-9-8-16(25-15-7-6-11(18)10-14(15)21)17(22)20-13-5-3-2-4-12(13)19/h2-7,10,16H,8-9H2,1H3,(H,20,22). The number of ether oxygens (including phenoxy) is 1. The van der Waals surface area contributed by atoms with Gasteiger partial charge in [-0.2, -0.15) is 0 Å². The van der Waals surface area contributed by atoms with E-state index in [1.165, 1.54) is 10.4 Å². The molecule has 0 bridgehead atoms. The van der Waals surface area contributed by atoms with Crippen LogP contribution >= 0.6 is 23.2 Å². The lowest BCUT2D eigenvalue weighted by molar-refractivity contribution is -0.122. The molecule has 1 amide bonds. The summed E-state index contributed by atoms with van der Waals surface area (Å²) >= 11 is 12.1. The first-order valence-electron chi connectivity index (χ1n) is 7.75. The molecule has 0 radical (unpaired) electrons. The molecular formula is C17H16Cl2N2O4S. The summed E-state index contributed by atoms with van der Waals surface area (Å²) in [6, 6.07) is 11.5. The van der Waals surface area contributed by atoms with Gasteiger partial charge < -0.3 is 10.1 Å². The lowest BCUT2D eigenvalue weighted by atomic mass is 10.2. The van der Waals surface area contributed by atoms with E-state index in [1.54, 1.807) is 36.4 Å². The number of carbonyl (C=O) groups is 1. The summed E-state index contributed by atoms with van der Waals surface area (Å²) in [6.45, 7) is 0.0901. The van der Waals surface area contributed by atoms with Gasteiger partial charge in [0, 0.05) is 18.0 Å². The van der Waals surface area contributed by atoms with Gasteiger partial charge in [-0.25, -0.2) is 8.42 Å². The van der Waals surface area contributed by atoms with E-state index in [4.69, 9.17) is 27.9 Å². The van der Waals surface area contributed by atoms with Gasteiger partial charge in [0.25, 0.3) is 5.91 Å². The van der Waals surface area contributed by atoms with Crippen molar-refractivity contribution in [1.29, 1.82) is 0 Å². The molecule has 1 atom stereocenters. The van der Waals surface area contributed by atoms with Gasteiger partial charge in [-0.1, -0.05) is 35.3 Å². The van der Waals surface area contributed by atoms with Gasteiger partial charge in [-0.05, 0) is 30.3 Å². The van der Waals surface area contributed by atoms with E-state index in [-0.39, 0.29) is 18.7 Å². The Morgan fingerprint density at radius 2 is 1.96 bits per heavy atom. The minimum Gasteiger partial charge on any atom is -0.478 e. The third-order valence-electron chi connectivity index (χ3n) is 3.88. The van der Waals surface area contributed by atoms with E-state index in [0.29, 0.717) is 21.4 Å². The zero-order valence-electron chi connectivity index (χ0n) is 13.8. The van der Waals surface area contributed by atoms with Crippen molar-refractivity contribution < 1.29 is 17.9 Å². The molecule has 9 heteroatoms. The van der Waals surface area contributed by atoms with E-state index >= 15 is 0 Å². The Bertz CT molecular complexity index is 950. The van der Waals surface area contributed by atoms with Crippen LogP contribution in [0.4, 0.5) is 11.4 Å². The maximum atomic E-state index is 12.6. The van der Waals surface area contributed by atoms with Crippen LogP contribution in [0.5, 0.6) is 5.75 Å². The zero-order valence-corrected chi connectivity index (χ0v) is 16.1. The summed E-state index contributed by atoms with van der Waals surface area (Å²) in [5, 5.41) is 3.49. The summed E-state index contributed by atoms with van der Waals surface area (Å²) in [4.78, 5) is 12.6. The molecular weight excluding hydrogens is 399 g/mol. The fraction of sp³-hybridized carbons (Fsp3) is 0.235. The predicted octanol–water partition coefficient (Wildman–Crippen LogP) is 3.55. The largest absolute Gasteiger partial charge is 0.478 e. The number of rotatable bonds is 3. The van der Waals surface area contributed by atoms with Crippen LogP contribution in [0.2, 0.25) is 10.0 Å². The number of fused-ring (bicyclic) bond motifs is 1. The molecule has 1 N–H and O–H groups in total. The van der Waals surface area contributed by atoms with Crippen LogP contribution in [-0.4, -0.2) is 33.2 Å². The topological polar surface area (TPSA) is 75.7 Å². The van der Waals surface area contributed by atoms with E-state index in [1.807, 2.05) is 0 Å². The minimum atomic E-state index is -3.55. The van der Waals surface area contributed by atoms with Crippen LogP contribution in [0.15, 0.2) is 42.5 Å². The monoisotopic (exact) mass is 414 g/mol. The quantitative estimate of drug-likeness (QED) is 0.832. The fourth-order valence-corrected chi connectivity index (χ4v) is 3.94. The number of hydrogen-bond donors (Lipinski definition) is 1. The zero-order chi connectivity index (χ0) is 18.9. The minimum absolute atomic E-state index is 0.0901. The molecule has 1 aliphatic heterocycles. The highest BCUT2D eigenvalue weighted by Crippen LogP contribution is 2.36. The maximum absolute atomic E-state index is 12.6. The first kappa shape index (κ1) is 18.8. The fourth-order valence-electron chi connectivity index (χ4n) is 2.66. The van der Waals surface area contributed by atoms with Gasteiger partial charge in [-0.15, -0.1) is 0 Å². The Labute approximate surface area is 161 Å². The van der Waals surface area contributed by atoms with Crippen molar-refractivity contribution in [3.05, 3.63) is 52.5 Å². The molecule has 0 fully saturated rings. The number of sulfonamides is 1. The molecule has 1 aliphatic rings. The second-order valence-electron chi connectivity index (χ2n) is 5.81. The average molecular weight is 415 g/mol. The average Bonchev–Trinajstić information content (AvgIpc) is 2.76. The van der Waals surface area contributed by atoms with E-state index in [9.17, 15) is 13.2 Å². The number of benzene rings is 2. The summed E-state index contributed by atoms with van der Waals surface area (Å²) < 4.78 is 31.3. The smallest absolute Gasteiger partial charge is 0.265 e. The van der Waals surface area contributed by atoms with Crippen molar-refractivity contribution in [2.45, 2.75) is 12.5 Å². The van der Waals surface area contributed by atoms with Crippen LogP contribution in [0.3, 0.4) is 0 Å². The van der Waals surface area contributed by atoms with Gasteiger partial charge in [0.2, 0.25) is 10.0 Å². The Kier molecular flexibility index (Phi) is 5.32. The van der Waals surface area contributed by atoms with Crippen molar-refractivity contribution in [1.82, 2.24) is 0 Å². The third kappa shape index (κ3) is 4.06. The number of nitrogens with one attached hydrogen (secondary N) is 1. The number of para-hydroxylation sites is 1. The molecule has 2 aromatic carbocycles. The van der Waals surface area contributed by atoms with Gasteiger partial charge in [0.15, 0.2) is 6.10 Å². The number of hydrogen-bond acceptors (Lipinski definition) is 4. The normalized spacial score (nSPS) is 17.0. The number of nitrogens with zero attached hydrogens (tertiary/aromatic N) is 1. The highest BCUT2D eigenvalue weighted by Gasteiger charge is 2.31. The predicted molar refractivity (Wildman–Crippen MR) is 103 cm³/mol. The van der Waals surface area contributed by atoms with Gasteiger partial charge in [0.1, 0.15) is 5.75 Å². The molecule has 0 aromatic heterocycles. The highest BCUT2D eigenvalue weighted by atomic mass is 35.5. The van der Waals surface area contributed by atoms with Crippen LogP contribution in [0.1, 0.15) is 6.42 Å². The van der Waals surface area contributed by atoms with Crippen LogP contribution < -0.4 is 14.4 Å². The van der Waals surface area contributed by atoms with Gasteiger partial charge in [0.05, 0.1) is 22.7 Å². The Hall–Kier alpha value is -1.96. The van der Waals surface area contributed by atoms with E-state index < -0.39 is 22.0 Å². The molecule has 3 rings (SSSR count). The van der Waals surface area contributed by atoms with Crippen molar-refractivity contribution in [3.63, 3.8) is 0 Å². The van der Waals surface area contributed by atoms with E-state index in [2.05, 4.69) is 5.32 Å². The summed E-state index contributed by atoms with van der Waals surface area (Å²) in [6.07, 6.45) is 0.398. The SMILES string of the molecule is CS(=O)(=O)N1CCC(C(=O)Nc2ccccc2Cl)Oc2ccc(Cl)cc21. The van der Waals surface area contributed by atoms with Crippen LogP contribution in [-0.2, 0) is 14.8 Å². The molecule has 138 valence electrons. The second kappa shape index (κ2) is 7.34. The summed E-state index contributed by atoms with van der Waals surface area (Å²) in [5.74, 6) is -0.133. The molecule has 2 aromatic rings. The molecule has 26 heavy (non-hydrogen) atoms. The number of carbonyl (C=O) groups excluding carboxylic acids is 1. The first-order valence-corrected chi connectivity index (χ1v) is 10.4. The Balaban J connectivity index is 1.89. The summed E-state index contributed by atoms with van der Waals surface area (Å²) in [7, 11) is -3.55. The molecule has 1 unspecified atom stereocenters. The lowest BCUT2D eigenvalue weighted by Gasteiger charge is -2.21. The summed E-state index contributed by atoms with van der Waals surface area (Å²) in [5.41, 5.74) is 0.774. The molecule has 1 heterocycles. The number of halogens is 2. The highest BCUT2D eigenvalue weighted by molar-refractivity contribution is 7.92. The van der Waals surface area contributed by atoms with Crippen LogP contribution in [0.25, 0.3) is 0 Å². The second-order valence-corrected chi connectivity index (χ2v) is 8.56. The Morgan fingerprint density at radius 1 is 1.23 bits per heavy atom. The van der Waals surface area contributed by atoms with Crippen molar-refractivity contribution in [2.75, 3.05) is 22.4 Å². The third-order valence-corrected chi connectivity index (χ3v) is 5.62. The molecule has 0 saturated heterocycles. The first-order chi connectivity index (χ1) is 12.3. The molecule has 6 nitrogen and oxygen atoms in total. The maximum Gasteiger partial charge on any atom is 0.265 e. The van der Waals surface area contributed by atoms with Crippen molar-refractivity contribution in [3.8, 4) is 5.75 Å². The van der Waals surface area contributed by atoms with E-state index in [0.717, 1.165) is 6.26 Å². The number of anilines is 2.